The van der Waals surface area contributed by atoms with E-state index >= 15 is 0 Å². The number of nitrogens with zero attached hydrogens (tertiary/aromatic N) is 1. The molecular weight excluding hydrogens is 466 g/mol. The Kier molecular flexibility index (Phi) is 4.78. The highest BCUT2D eigenvalue weighted by atomic mass is 32.2. The minimum atomic E-state index is -1.16. The zero-order valence-electron chi connectivity index (χ0n) is 20.1. The number of hydrogen-bond acceptors (Lipinski definition) is 3. The third kappa shape index (κ3) is 3.08. The van der Waals surface area contributed by atoms with E-state index in [1.807, 2.05) is 12.1 Å². The molecular formula is C31H27NO3S. The second-order valence-electron chi connectivity index (χ2n) is 10.6. The summed E-state index contributed by atoms with van der Waals surface area (Å²) in [5, 5.41) is 13.6. The van der Waals surface area contributed by atoms with E-state index in [0.29, 0.717) is 18.8 Å². The standard InChI is InChI=1S/C31H27NO3S/c1-18-6-4-9-21(14-18)25-17-31(30(34)35)28(25)36-29-27(20-12-13-20)23(16-26(33)32(29)31)15-22-10-5-8-19-7-2-3-11-24(19)22/h2-11,14,16,20,25,28H,12-13,15,17H2,1H3,(H,34,35)/t25-,28?,31?/m1/s1. The molecule has 4 aromatic rings. The maximum atomic E-state index is 13.7. The zero-order chi connectivity index (χ0) is 24.6. The number of aryl methyl sites for hydroxylation is 1. The third-order valence-electron chi connectivity index (χ3n) is 8.39. The summed E-state index contributed by atoms with van der Waals surface area (Å²) in [5.74, 6) is -0.350. The monoisotopic (exact) mass is 493 g/mol. The van der Waals surface area contributed by atoms with Crippen LogP contribution in [-0.4, -0.2) is 20.9 Å². The van der Waals surface area contributed by atoms with Crippen LogP contribution in [0, 0.1) is 6.92 Å². The summed E-state index contributed by atoms with van der Waals surface area (Å²) in [7, 11) is 0. The third-order valence-corrected chi connectivity index (χ3v) is 9.99. The first-order chi connectivity index (χ1) is 17.5. The summed E-state index contributed by atoms with van der Waals surface area (Å²) in [6, 6.07) is 24.8. The van der Waals surface area contributed by atoms with Crippen molar-refractivity contribution in [2.24, 2.45) is 0 Å². The van der Waals surface area contributed by atoms with Crippen LogP contribution in [0.5, 0.6) is 0 Å². The number of carboxylic acids is 1. The lowest BCUT2D eigenvalue weighted by Crippen LogP contribution is -2.61. The Morgan fingerprint density at radius 1 is 1.03 bits per heavy atom. The molecule has 3 aliphatic rings. The topological polar surface area (TPSA) is 59.3 Å². The molecule has 1 N–H and O–H groups in total. The molecule has 3 aromatic carbocycles. The van der Waals surface area contributed by atoms with Gasteiger partial charge in [-0.3, -0.25) is 9.36 Å². The van der Waals surface area contributed by atoms with E-state index in [-0.39, 0.29) is 16.7 Å². The normalized spacial score (nSPS) is 24.2. The molecule has 2 fully saturated rings. The molecule has 5 heteroatoms. The quantitative estimate of drug-likeness (QED) is 0.359. The van der Waals surface area contributed by atoms with E-state index < -0.39 is 11.5 Å². The van der Waals surface area contributed by atoms with Crippen molar-refractivity contribution in [2.75, 3.05) is 0 Å². The molecule has 2 saturated carbocycles. The number of rotatable bonds is 5. The van der Waals surface area contributed by atoms with Crippen molar-refractivity contribution in [1.29, 1.82) is 0 Å². The van der Waals surface area contributed by atoms with Gasteiger partial charge in [0.05, 0.1) is 10.3 Å². The molecule has 0 saturated heterocycles. The van der Waals surface area contributed by atoms with Crippen LogP contribution in [0.25, 0.3) is 10.8 Å². The second-order valence-corrected chi connectivity index (χ2v) is 11.8. The molecule has 1 aromatic heterocycles. The Hall–Kier alpha value is -3.31. The van der Waals surface area contributed by atoms with Crippen molar-refractivity contribution in [3.63, 3.8) is 0 Å². The summed E-state index contributed by atoms with van der Waals surface area (Å²) in [4.78, 5) is 26.5. The molecule has 0 bridgehead atoms. The highest BCUT2D eigenvalue weighted by Crippen LogP contribution is 2.64. The Labute approximate surface area is 214 Å². The van der Waals surface area contributed by atoms with E-state index in [0.717, 1.165) is 23.4 Å². The number of aliphatic carboxylic acids is 1. The Morgan fingerprint density at radius 2 is 1.81 bits per heavy atom. The number of benzene rings is 3. The lowest BCUT2D eigenvalue weighted by molar-refractivity contribution is -0.153. The van der Waals surface area contributed by atoms with E-state index in [9.17, 15) is 14.7 Å². The number of pyridine rings is 1. The summed E-state index contributed by atoms with van der Waals surface area (Å²) in [6.45, 7) is 2.07. The Bertz CT molecular complexity index is 1610. The first-order valence-electron chi connectivity index (χ1n) is 12.7. The highest BCUT2D eigenvalue weighted by molar-refractivity contribution is 8.00. The molecule has 0 radical (unpaired) electrons. The minimum Gasteiger partial charge on any atom is -0.479 e. The lowest BCUT2D eigenvalue weighted by Gasteiger charge is -2.48. The lowest BCUT2D eigenvalue weighted by atomic mass is 9.64. The van der Waals surface area contributed by atoms with Crippen LogP contribution in [-0.2, 0) is 16.8 Å². The average molecular weight is 494 g/mol. The largest absolute Gasteiger partial charge is 0.479 e. The SMILES string of the molecule is Cc1cccc([C@H]2CC3(C(=O)O)C2Sc2c(C4CC4)c(Cc4cccc5ccccc45)cc(=O)n23)c1. The highest BCUT2D eigenvalue weighted by Gasteiger charge is 2.66. The van der Waals surface area contributed by atoms with Crippen molar-refractivity contribution >= 4 is 28.5 Å². The van der Waals surface area contributed by atoms with Gasteiger partial charge in [-0.05, 0) is 71.6 Å². The van der Waals surface area contributed by atoms with Crippen LogP contribution in [0.4, 0.5) is 0 Å². The van der Waals surface area contributed by atoms with Crippen LogP contribution in [0.2, 0.25) is 0 Å². The molecule has 180 valence electrons. The molecule has 2 heterocycles. The van der Waals surface area contributed by atoms with Crippen LogP contribution in [0.15, 0.2) is 82.6 Å². The minimum absolute atomic E-state index is 0.124. The van der Waals surface area contributed by atoms with Crippen molar-refractivity contribution in [3.05, 3.63) is 111 Å². The molecule has 4 nitrogen and oxygen atoms in total. The van der Waals surface area contributed by atoms with Crippen molar-refractivity contribution in [1.82, 2.24) is 4.57 Å². The summed E-state index contributed by atoms with van der Waals surface area (Å²) in [6.07, 6.45) is 3.34. The fraction of sp³-hybridized carbons (Fsp3) is 0.290. The molecule has 7 rings (SSSR count). The number of carbonyl (C=O) groups is 1. The summed E-state index contributed by atoms with van der Waals surface area (Å²) < 4.78 is 1.66. The van der Waals surface area contributed by atoms with Gasteiger partial charge in [0.15, 0.2) is 5.54 Å². The molecule has 2 unspecified atom stereocenters. The van der Waals surface area contributed by atoms with Crippen LogP contribution in [0.1, 0.15) is 58.9 Å². The number of fused-ring (bicyclic) bond motifs is 4. The number of hydrogen-bond donors (Lipinski definition) is 1. The first kappa shape index (κ1) is 21.9. The van der Waals surface area contributed by atoms with Crippen molar-refractivity contribution in [2.45, 2.75) is 60.3 Å². The number of carboxylic acid groups (broad SMARTS) is 1. The van der Waals surface area contributed by atoms with Gasteiger partial charge in [-0.1, -0.05) is 72.3 Å². The maximum absolute atomic E-state index is 13.7. The molecule has 36 heavy (non-hydrogen) atoms. The van der Waals surface area contributed by atoms with Gasteiger partial charge in [-0.15, -0.1) is 11.8 Å². The van der Waals surface area contributed by atoms with Crippen molar-refractivity contribution in [3.8, 4) is 0 Å². The van der Waals surface area contributed by atoms with E-state index in [1.165, 1.54) is 33.0 Å². The Balaban J connectivity index is 1.36. The maximum Gasteiger partial charge on any atom is 0.331 e. The van der Waals surface area contributed by atoms with Crippen LogP contribution < -0.4 is 5.56 Å². The Morgan fingerprint density at radius 3 is 2.58 bits per heavy atom. The van der Waals surface area contributed by atoms with Gasteiger partial charge >= 0.3 is 5.97 Å². The molecule has 1 aliphatic heterocycles. The van der Waals surface area contributed by atoms with Gasteiger partial charge in [-0.25, -0.2) is 4.79 Å². The number of thioether (sulfide) groups is 1. The van der Waals surface area contributed by atoms with Crippen LogP contribution >= 0.6 is 11.8 Å². The van der Waals surface area contributed by atoms with Gasteiger partial charge in [0.2, 0.25) is 0 Å². The summed E-state index contributed by atoms with van der Waals surface area (Å²) >= 11 is 1.64. The smallest absolute Gasteiger partial charge is 0.331 e. The van der Waals surface area contributed by atoms with Gasteiger partial charge in [0, 0.05) is 12.0 Å². The molecule has 0 spiro atoms. The predicted molar refractivity (Wildman–Crippen MR) is 143 cm³/mol. The van der Waals surface area contributed by atoms with E-state index in [4.69, 9.17) is 0 Å². The van der Waals surface area contributed by atoms with Crippen molar-refractivity contribution < 1.29 is 9.90 Å². The van der Waals surface area contributed by atoms with Gasteiger partial charge in [0.25, 0.3) is 5.56 Å². The fourth-order valence-corrected chi connectivity index (χ4v) is 8.44. The average Bonchev–Trinajstić information content (AvgIpc) is 3.64. The molecule has 3 atom stereocenters. The first-order valence-corrected chi connectivity index (χ1v) is 13.6. The van der Waals surface area contributed by atoms with Crippen LogP contribution in [0.3, 0.4) is 0 Å². The molecule has 0 amide bonds. The molecule has 2 aliphatic carbocycles. The predicted octanol–water partition coefficient (Wildman–Crippen LogP) is 6.22. The van der Waals surface area contributed by atoms with Gasteiger partial charge in [0.1, 0.15) is 0 Å². The van der Waals surface area contributed by atoms with E-state index in [2.05, 4.69) is 61.5 Å². The van der Waals surface area contributed by atoms with Gasteiger partial charge < -0.3 is 5.11 Å². The summed E-state index contributed by atoms with van der Waals surface area (Å²) in [5.41, 5.74) is 4.49. The van der Waals surface area contributed by atoms with E-state index in [1.54, 1.807) is 22.4 Å². The number of aromatic nitrogens is 1. The van der Waals surface area contributed by atoms with Gasteiger partial charge in [-0.2, -0.15) is 0 Å². The zero-order valence-corrected chi connectivity index (χ0v) is 20.9. The fourth-order valence-electron chi connectivity index (χ4n) is 6.50. The second kappa shape index (κ2) is 7.84.